The van der Waals surface area contributed by atoms with Gasteiger partial charge < -0.3 is 44.8 Å². The number of piperidine rings is 1. The van der Waals surface area contributed by atoms with Crippen molar-refractivity contribution in [1.29, 1.82) is 0 Å². The maximum Gasteiger partial charge on any atom is 0.297 e. The monoisotopic (exact) mass is 959 g/mol. The fourth-order valence-corrected chi connectivity index (χ4v) is 14.1. The molecule has 4 saturated heterocycles. The van der Waals surface area contributed by atoms with E-state index >= 15 is 8.42 Å². The van der Waals surface area contributed by atoms with E-state index < -0.39 is 38.5 Å². The number of hydrogen-bond acceptors (Lipinski definition) is 15. The number of ether oxygens (including phenoxy) is 4. The van der Waals surface area contributed by atoms with Gasteiger partial charge in [0.05, 0.1) is 65.3 Å². The molecule has 4 N–H and O–H groups in total. The zero-order chi connectivity index (χ0) is 47.2. The first-order chi connectivity index (χ1) is 33.4. The zero-order valence-electron chi connectivity index (χ0n) is 38.6. The molecule has 69 heavy (non-hydrogen) atoms. The Morgan fingerprint density at radius 1 is 0.971 bits per heavy atom. The highest BCUT2D eigenvalue weighted by Gasteiger charge is 2.51. The van der Waals surface area contributed by atoms with Crippen LogP contribution in [-0.4, -0.2) is 136 Å². The zero-order valence-corrected chi connectivity index (χ0v) is 39.4. The number of likely N-dealkylation sites (tertiary alicyclic amines) is 1. The first-order valence-corrected chi connectivity index (χ1v) is 25.7. The number of morpholine rings is 1. The van der Waals surface area contributed by atoms with Gasteiger partial charge in [-0.1, -0.05) is 24.3 Å². The Morgan fingerprint density at radius 2 is 1.78 bits per heavy atom. The molecule has 7 aliphatic rings. The standard InChI is InChI=1S/C50H57N9O9S/c1-30-5-2-3-6-35(30)37-7-4-14-57(37)33-24-50(25-33)11-15-56(16-12-50)38-9-8-36(47(51)60)45(58-40-21-31-10-13-52-48(31)54-49(40)68-43-29-66-28-41(43)58)46(38)69(63,64)34-22-39(59(61)62)44-42(23-34)67-27-32(53-44)26-55-17-19-65-20-18-55/h2-3,5-6,8-10,13,21-23,32-33,37,41,43,53H,4,7,11-12,14-20,24-29H2,1H3,(H2,51,60)(H,52,54)/t32-,37+,41-,43-/m1/s1. The molecule has 18 nitrogen and oxygen atoms in total. The Bertz CT molecular complexity index is 2960. The predicted molar refractivity (Wildman–Crippen MR) is 258 cm³/mol. The second kappa shape index (κ2) is 17.2. The average molecular weight is 960 g/mol. The third-order valence-electron chi connectivity index (χ3n) is 16.0. The maximum atomic E-state index is 16.0. The van der Waals surface area contributed by atoms with Crippen LogP contribution >= 0.6 is 0 Å². The number of aryl methyl sites for hydroxylation is 1. The van der Waals surface area contributed by atoms with Crippen LogP contribution in [0, 0.1) is 22.5 Å². The minimum absolute atomic E-state index is 0.0366. The van der Waals surface area contributed by atoms with Crippen molar-refractivity contribution in [2.75, 3.05) is 87.4 Å². The number of aromatic amines is 1. The second-order valence-electron chi connectivity index (χ2n) is 20.0. The van der Waals surface area contributed by atoms with Gasteiger partial charge in [0, 0.05) is 68.5 Å². The van der Waals surface area contributed by atoms with E-state index in [1.54, 1.807) is 23.2 Å². The fourth-order valence-electron chi connectivity index (χ4n) is 12.4. The second-order valence-corrected chi connectivity index (χ2v) is 21.9. The van der Waals surface area contributed by atoms with Crippen LogP contribution in [0.3, 0.4) is 0 Å². The van der Waals surface area contributed by atoms with Gasteiger partial charge in [-0.3, -0.25) is 24.7 Å². The number of rotatable bonds is 10. The van der Waals surface area contributed by atoms with Gasteiger partial charge in [0.2, 0.25) is 15.7 Å². The molecule has 1 amide bonds. The number of carbonyl (C=O) groups excluding carboxylic acids is 1. The maximum absolute atomic E-state index is 16.0. The van der Waals surface area contributed by atoms with Crippen molar-refractivity contribution < 1.29 is 37.1 Å². The molecule has 0 radical (unpaired) electrons. The molecule has 5 fully saturated rings. The van der Waals surface area contributed by atoms with E-state index in [-0.39, 0.29) is 69.6 Å². The first kappa shape index (κ1) is 44.2. The molecular formula is C50H57N9O9S. The van der Waals surface area contributed by atoms with Crippen molar-refractivity contribution in [2.45, 2.75) is 85.5 Å². The SMILES string of the molecule is Cc1ccccc1[C@@H]1CCCN1C1CC2(CCN(c3ccc(C(N)=O)c(N4c5cc6cc[nH]c6nc5O[C@@H]5COC[C@H]54)c3S(=O)(=O)c3cc4c(c([N+](=O)[O-])c3)N[C@H](CN3CCOCC3)CO4)CC2)C1. The minimum atomic E-state index is -4.76. The van der Waals surface area contributed by atoms with E-state index in [0.717, 1.165) is 63.2 Å². The van der Waals surface area contributed by atoms with Gasteiger partial charge in [-0.15, -0.1) is 0 Å². The topological polar surface area (TPSA) is 211 Å². The molecular weight excluding hydrogens is 903 g/mol. The summed E-state index contributed by atoms with van der Waals surface area (Å²) in [6.07, 6.45) is 7.37. The minimum Gasteiger partial charge on any atom is -0.489 e. The summed E-state index contributed by atoms with van der Waals surface area (Å²) in [6, 6.07) is 18.2. The number of fused-ring (bicyclic) bond motifs is 4. The van der Waals surface area contributed by atoms with E-state index in [1.165, 1.54) is 23.6 Å². The lowest BCUT2D eigenvalue weighted by atomic mass is 9.59. The highest BCUT2D eigenvalue weighted by atomic mass is 32.2. The number of nitrogens with zero attached hydrogens (tertiary/aromatic N) is 6. The van der Waals surface area contributed by atoms with Crippen LogP contribution in [0.4, 0.5) is 28.4 Å². The summed E-state index contributed by atoms with van der Waals surface area (Å²) in [5, 5.41) is 17.0. The molecule has 362 valence electrons. The van der Waals surface area contributed by atoms with Crippen LogP contribution in [-0.2, 0) is 19.3 Å². The predicted octanol–water partition coefficient (Wildman–Crippen LogP) is 6.10. The van der Waals surface area contributed by atoms with E-state index in [2.05, 4.69) is 56.2 Å². The molecule has 0 bridgehead atoms. The number of nitrogens with one attached hydrogen (secondary N) is 2. The molecule has 1 aliphatic carbocycles. The largest absolute Gasteiger partial charge is 0.489 e. The number of primary amides is 1. The first-order valence-electron chi connectivity index (χ1n) is 24.3. The van der Waals surface area contributed by atoms with Crippen LogP contribution < -0.4 is 30.3 Å². The molecule has 6 aliphatic heterocycles. The number of nitro benzene ring substituents is 1. The van der Waals surface area contributed by atoms with Gasteiger partial charge in [0.1, 0.15) is 28.9 Å². The van der Waals surface area contributed by atoms with Crippen LogP contribution in [0.5, 0.6) is 11.6 Å². The van der Waals surface area contributed by atoms with Gasteiger partial charge in [0.25, 0.3) is 11.6 Å². The highest BCUT2D eigenvalue weighted by molar-refractivity contribution is 7.91. The molecule has 19 heteroatoms. The van der Waals surface area contributed by atoms with Crippen molar-refractivity contribution in [3.8, 4) is 11.6 Å². The number of sulfone groups is 1. The smallest absolute Gasteiger partial charge is 0.297 e. The van der Waals surface area contributed by atoms with Gasteiger partial charge >= 0.3 is 0 Å². The Kier molecular flexibility index (Phi) is 11.0. The summed E-state index contributed by atoms with van der Waals surface area (Å²) >= 11 is 0. The van der Waals surface area contributed by atoms with Crippen molar-refractivity contribution >= 4 is 55.2 Å². The third kappa shape index (κ3) is 7.64. The number of H-pyrrole nitrogens is 1. The molecule has 5 aromatic rings. The Labute approximate surface area is 400 Å². The fraction of sp³-hybridized carbons (Fsp3) is 0.480. The summed E-state index contributed by atoms with van der Waals surface area (Å²) in [6.45, 7) is 8.12. The van der Waals surface area contributed by atoms with E-state index in [1.807, 2.05) is 12.1 Å². The number of pyridine rings is 1. The Hall–Kier alpha value is -5.99. The quantitative estimate of drug-likeness (QED) is 0.107. The van der Waals surface area contributed by atoms with Gasteiger partial charge in [-0.05, 0) is 92.8 Å². The van der Waals surface area contributed by atoms with Crippen LogP contribution in [0.25, 0.3) is 11.0 Å². The summed E-state index contributed by atoms with van der Waals surface area (Å²) in [5.74, 6) is -0.553. The van der Waals surface area contributed by atoms with Gasteiger partial charge in [-0.25, -0.2) is 8.42 Å². The lowest BCUT2D eigenvalue weighted by Crippen LogP contribution is -2.55. The van der Waals surface area contributed by atoms with Crippen molar-refractivity contribution in [3.05, 3.63) is 93.7 Å². The molecule has 4 atom stereocenters. The highest BCUT2D eigenvalue weighted by Crippen LogP contribution is 2.56. The Morgan fingerprint density at radius 3 is 2.57 bits per heavy atom. The van der Waals surface area contributed by atoms with Crippen molar-refractivity contribution in [1.82, 2.24) is 19.8 Å². The number of nitrogens with two attached hydrogens (primary N) is 1. The number of anilines is 4. The van der Waals surface area contributed by atoms with E-state index in [0.29, 0.717) is 62.0 Å². The van der Waals surface area contributed by atoms with Crippen molar-refractivity contribution in [2.24, 2.45) is 11.1 Å². The molecule has 1 spiro atoms. The number of aromatic nitrogens is 2. The summed E-state index contributed by atoms with van der Waals surface area (Å²) in [7, 11) is -4.76. The van der Waals surface area contributed by atoms with Gasteiger partial charge in [-0.2, -0.15) is 4.98 Å². The number of nitro groups is 1. The number of carbonyl (C=O) groups is 1. The van der Waals surface area contributed by atoms with Crippen LogP contribution in [0.15, 0.2) is 76.7 Å². The summed E-state index contributed by atoms with van der Waals surface area (Å²) < 4.78 is 56.3. The Balaban J connectivity index is 0.944. The molecule has 3 aromatic carbocycles. The summed E-state index contributed by atoms with van der Waals surface area (Å²) in [5.41, 5.74) is 10.2. The number of amides is 1. The lowest BCUT2D eigenvalue weighted by molar-refractivity contribution is -0.384. The normalized spacial score (nSPS) is 24.8. The number of hydrogen-bond donors (Lipinski definition) is 3. The molecule has 8 heterocycles. The van der Waals surface area contributed by atoms with E-state index in [9.17, 15) is 14.9 Å². The van der Waals surface area contributed by atoms with Gasteiger partial charge in [0.15, 0.2) is 11.4 Å². The van der Waals surface area contributed by atoms with Crippen molar-refractivity contribution in [3.63, 3.8) is 0 Å². The molecule has 2 aromatic heterocycles. The molecule has 12 rings (SSSR count). The van der Waals surface area contributed by atoms with E-state index in [4.69, 9.17) is 29.7 Å². The number of benzene rings is 3. The molecule has 0 unspecified atom stereocenters. The van der Waals surface area contributed by atoms with Crippen LogP contribution in [0.1, 0.15) is 66.1 Å². The van der Waals surface area contributed by atoms with Crippen LogP contribution in [0.2, 0.25) is 0 Å². The molecule has 1 saturated carbocycles. The average Bonchev–Trinajstić information content (AvgIpc) is 4.13. The third-order valence-corrected chi connectivity index (χ3v) is 17.8. The summed E-state index contributed by atoms with van der Waals surface area (Å²) in [4.78, 5) is 42.5. The lowest BCUT2D eigenvalue weighted by Gasteiger charge is -2.56.